The number of carbonyl (C=O) groups is 1. The minimum Gasteiger partial charge on any atom is -0.497 e. The number of halogens is 2. The highest BCUT2D eigenvalue weighted by molar-refractivity contribution is 6.53. The zero-order chi connectivity index (χ0) is 13.4. The van der Waals surface area contributed by atoms with Crippen molar-refractivity contribution in [2.24, 2.45) is 5.41 Å². The molecule has 0 aliphatic heterocycles. The van der Waals surface area contributed by atoms with Crippen molar-refractivity contribution in [1.82, 2.24) is 5.32 Å². The van der Waals surface area contributed by atoms with E-state index in [1.165, 1.54) is 0 Å². The van der Waals surface area contributed by atoms with Crippen molar-refractivity contribution in [3.05, 3.63) is 29.8 Å². The molecule has 0 saturated heterocycles. The van der Waals surface area contributed by atoms with E-state index >= 15 is 0 Å². The molecule has 1 atom stereocenters. The first-order valence-electron chi connectivity index (χ1n) is 5.68. The lowest BCUT2D eigenvalue weighted by molar-refractivity contribution is -0.125. The van der Waals surface area contributed by atoms with Gasteiger partial charge in [0.1, 0.15) is 10.1 Å². The van der Waals surface area contributed by atoms with Crippen LogP contribution in [0.2, 0.25) is 0 Å². The summed E-state index contributed by atoms with van der Waals surface area (Å²) in [5.41, 5.74) is 0.339. The van der Waals surface area contributed by atoms with Crippen LogP contribution in [0.25, 0.3) is 0 Å². The SMILES string of the molecule is COc1ccc(CNC(=O)C2(C)CC2(Cl)Cl)cc1. The quantitative estimate of drug-likeness (QED) is 0.865. The molecule has 0 aromatic heterocycles. The minimum atomic E-state index is -0.920. The maximum Gasteiger partial charge on any atom is 0.229 e. The molecule has 1 unspecified atom stereocenters. The fraction of sp³-hybridized carbons (Fsp3) is 0.462. The predicted octanol–water partition coefficient (Wildman–Crippen LogP) is 2.90. The molecule has 2 rings (SSSR count). The highest BCUT2D eigenvalue weighted by atomic mass is 35.5. The Morgan fingerprint density at radius 1 is 1.39 bits per heavy atom. The van der Waals surface area contributed by atoms with Gasteiger partial charge in [-0.1, -0.05) is 12.1 Å². The van der Waals surface area contributed by atoms with Gasteiger partial charge in [0.2, 0.25) is 5.91 Å². The third-order valence-corrected chi connectivity index (χ3v) is 4.47. The molecule has 1 aromatic carbocycles. The Balaban J connectivity index is 1.90. The van der Waals surface area contributed by atoms with Crippen molar-refractivity contribution in [3.63, 3.8) is 0 Å². The molecule has 3 nitrogen and oxygen atoms in total. The van der Waals surface area contributed by atoms with Crippen molar-refractivity contribution in [1.29, 1.82) is 0 Å². The van der Waals surface area contributed by atoms with E-state index in [9.17, 15) is 4.79 Å². The topological polar surface area (TPSA) is 38.3 Å². The molecular weight excluding hydrogens is 273 g/mol. The monoisotopic (exact) mass is 287 g/mol. The standard InChI is InChI=1S/C13H15Cl2NO2/c1-12(8-13(12,14)15)11(17)16-7-9-3-5-10(18-2)6-4-9/h3-6H,7-8H2,1-2H3,(H,16,17). The molecular formula is C13H15Cl2NO2. The molecule has 1 fully saturated rings. The summed E-state index contributed by atoms with van der Waals surface area (Å²) in [6.07, 6.45) is 0.498. The second-order valence-corrected chi connectivity index (χ2v) is 6.23. The summed E-state index contributed by atoms with van der Waals surface area (Å²) in [4.78, 5) is 11.9. The van der Waals surface area contributed by atoms with Crippen molar-refractivity contribution >= 4 is 29.1 Å². The fourth-order valence-corrected chi connectivity index (χ4v) is 2.47. The van der Waals surface area contributed by atoms with E-state index in [2.05, 4.69) is 5.32 Å². The molecule has 1 amide bonds. The van der Waals surface area contributed by atoms with Crippen LogP contribution in [0, 0.1) is 5.41 Å². The average Bonchev–Trinajstić information content (AvgIpc) is 2.87. The van der Waals surface area contributed by atoms with Gasteiger partial charge < -0.3 is 10.1 Å². The highest BCUT2D eigenvalue weighted by Crippen LogP contribution is 2.63. The summed E-state index contributed by atoms with van der Waals surface area (Å²) >= 11 is 11.9. The summed E-state index contributed by atoms with van der Waals surface area (Å²) in [7, 11) is 1.62. The van der Waals surface area contributed by atoms with Crippen molar-refractivity contribution in [2.75, 3.05) is 7.11 Å². The van der Waals surface area contributed by atoms with Gasteiger partial charge in [-0.25, -0.2) is 0 Å². The smallest absolute Gasteiger partial charge is 0.229 e. The Morgan fingerprint density at radius 3 is 2.39 bits per heavy atom. The van der Waals surface area contributed by atoms with Gasteiger partial charge in [-0.3, -0.25) is 4.79 Å². The molecule has 1 aromatic rings. The van der Waals surface area contributed by atoms with Crippen LogP contribution in [0.15, 0.2) is 24.3 Å². The number of nitrogens with one attached hydrogen (secondary N) is 1. The zero-order valence-electron chi connectivity index (χ0n) is 10.3. The van der Waals surface area contributed by atoms with E-state index in [-0.39, 0.29) is 5.91 Å². The molecule has 0 spiro atoms. The summed E-state index contributed by atoms with van der Waals surface area (Å²) in [5.74, 6) is 0.683. The predicted molar refractivity (Wildman–Crippen MR) is 72.0 cm³/mol. The van der Waals surface area contributed by atoms with Crippen LogP contribution in [-0.4, -0.2) is 17.4 Å². The van der Waals surface area contributed by atoms with Gasteiger partial charge in [0, 0.05) is 6.54 Å². The first kappa shape index (κ1) is 13.5. The van der Waals surface area contributed by atoms with Gasteiger partial charge in [0.15, 0.2) is 0 Å². The second-order valence-electron chi connectivity index (χ2n) is 4.74. The number of alkyl halides is 2. The minimum absolute atomic E-state index is 0.108. The number of ether oxygens (including phenoxy) is 1. The van der Waals surface area contributed by atoms with E-state index in [0.29, 0.717) is 13.0 Å². The molecule has 0 bridgehead atoms. The van der Waals surface area contributed by atoms with Crippen LogP contribution in [0.1, 0.15) is 18.9 Å². The molecule has 18 heavy (non-hydrogen) atoms. The van der Waals surface area contributed by atoms with Gasteiger partial charge >= 0.3 is 0 Å². The van der Waals surface area contributed by atoms with Crippen LogP contribution in [0.3, 0.4) is 0 Å². The fourth-order valence-electron chi connectivity index (χ4n) is 1.77. The Kier molecular flexibility index (Phi) is 3.47. The summed E-state index contributed by atoms with van der Waals surface area (Å²) in [6.45, 7) is 2.23. The second kappa shape index (κ2) is 4.63. The molecule has 0 heterocycles. The van der Waals surface area contributed by atoms with Crippen molar-refractivity contribution in [3.8, 4) is 5.75 Å². The van der Waals surface area contributed by atoms with Crippen molar-refractivity contribution < 1.29 is 9.53 Å². The Bertz CT molecular complexity index is 459. The average molecular weight is 288 g/mol. The van der Waals surface area contributed by atoms with Crippen LogP contribution in [0.5, 0.6) is 5.75 Å². The summed E-state index contributed by atoms with van der Waals surface area (Å²) < 4.78 is 4.14. The Labute approximate surface area is 116 Å². The van der Waals surface area contributed by atoms with Gasteiger partial charge in [-0.05, 0) is 31.0 Å². The third-order valence-electron chi connectivity index (χ3n) is 3.37. The number of hydrogen-bond donors (Lipinski definition) is 1. The molecule has 1 N–H and O–H groups in total. The number of methoxy groups -OCH3 is 1. The van der Waals surface area contributed by atoms with E-state index < -0.39 is 9.75 Å². The highest BCUT2D eigenvalue weighted by Gasteiger charge is 2.67. The third kappa shape index (κ3) is 2.43. The summed E-state index contributed by atoms with van der Waals surface area (Å²) in [6, 6.07) is 7.52. The van der Waals surface area contributed by atoms with Crippen LogP contribution in [0.4, 0.5) is 0 Å². The Hall–Kier alpha value is -0.930. The van der Waals surface area contributed by atoms with Gasteiger partial charge in [0.05, 0.1) is 12.5 Å². The van der Waals surface area contributed by atoms with Crippen LogP contribution >= 0.6 is 23.2 Å². The summed E-state index contributed by atoms with van der Waals surface area (Å²) in [5, 5.41) is 2.85. The van der Waals surface area contributed by atoms with E-state index in [1.54, 1.807) is 14.0 Å². The maximum atomic E-state index is 11.9. The maximum absolute atomic E-state index is 11.9. The molecule has 0 radical (unpaired) electrons. The first-order chi connectivity index (χ1) is 8.39. The molecule has 1 saturated carbocycles. The lowest BCUT2D eigenvalue weighted by Crippen LogP contribution is -2.32. The van der Waals surface area contributed by atoms with Gasteiger partial charge in [-0.2, -0.15) is 0 Å². The number of hydrogen-bond acceptors (Lipinski definition) is 2. The molecule has 98 valence electrons. The van der Waals surface area contributed by atoms with Crippen LogP contribution < -0.4 is 10.1 Å². The zero-order valence-corrected chi connectivity index (χ0v) is 11.8. The lowest BCUT2D eigenvalue weighted by Gasteiger charge is -2.12. The van der Waals surface area contributed by atoms with Crippen molar-refractivity contribution in [2.45, 2.75) is 24.2 Å². The number of rotatable bonds is 4. The Morgan fingerprint density at radius 2 is 1.94 bits per heavy atom. The molecule has 5 heteroatoms. The largest absolute Gasteiger partial charge is 0.497 e. The van der Waals surface area contributed by atoms with E-state index in [0.717, 1.165) is 11.3 Å². The number of carbonyl (C=O) groups excluding carboxylic acids is 1. The van der Waals surface area contributed by atoms with Gasteiger partial charge in [0.25, 0.3) is 0 Å². The normalized spacial score (nSPS) is 24.4. The molecule has 1 aliphatic carbocycles. The van der Waals surface area contributed by atoms with E-state index in [1.807, 2.05) is 24.3 Å². The number of benzene rings is 1. The first-order valence-corrected chi connectivity index (χ1v) is 6.44. The lowest BCUT2D eigenvalue weighted by atomic mass is 10.1. The molecule has 1 aliphatic rings. The number of amides is 1. The van der Waals surface area contributed by atoms with E-state index in [4.69, 9.17) is 27.9 Å². The van der Waals surface area contributed by atoms with Crippen LogP contribution in [-0.2, 0) is 11.3 Å². The van der Waals surface area contributed by atoms with Gasteiger partial charge in [-0.15, -0.1) is 23.2 Å².